The van der Waals surface area contributed by atoms with Gasteiger partial charge in [0.1, 0.15) is 24.1 Å². The van der Waals surface area contributed by atoms with Crippen molar-refractivity contribution in [2.45, 2.75) is 18.1 Å². The largest absolute Gasteiger partial charge is 0.400 e. The second-order valence-corrected chi connectivity index (χ2v) is 6.29. The number of aromatic nitrogens is 4. The van der Waals surface area contributed by atoms with Crippen molar-refractivity contribution in [1.82, 2.24) is 19.7 Å². The summed E-state index contributed by atoms with van der Waals surface area (Å²) >= 11 is 0. The first-order valence-electron chi connectivity index (χ1n) is 8.28. The van der Waals surface area contributed by atoms with Crippen molar-refractivity contribution >= 4 is 11.0 Å². The fourth-order valence-corrected chi connectivity index (χ4v) is 3.29. The van der Waals surface area contributed by atoms with E-state index >= 15 is 0 Å². The molecule has 1 aromatic carbocycles. The molecule has 0 bridgehead atoms. The first kappa shape index (κ1) is 17.7. The molecule has 9 heteroatoms. The summed E-state index contributed by atoms with van der Waals surface area (Å²) in [5.74, 6) is -1.44. The maximum Gasteiger partial charge on any atom is 0.174 e. The number of hydrogen-bond donors (Lipinski definition) is 1. The molecule has 1 aliphatic rings. The van der Waals surface area contributed by atoms with Crippen molar-refractivity contribution in [2.75, 3.05) is 0 Å². The lowest BCUT2D eigenvalue weighted by Crippen LogP contribution is -2.42. The highest BCUT2D eigenvalue weighted by atomic mass is 19.1. The van der Waals surface area contributed by atoms with Gasteiger partial charge in [-0.3, -0.25) is 0 Å². The zero-order valence-corrected chi connectivity index (χ0v) is 14.4. The highest BCUT2D eigenvalue weighted by Crippen LogP contribution is 2.39. The lowest BCUT2D eigenvalue weighted by molar-refractivity contribution is 0.306. The van der Waals surface area contributed by atoms with Gasteiger partial charge < -0.3 is 5.73 Å². The summed E-state index contributed by atoms with van der Waals surface area (Å²) in [6, 6.07) is 5.48. The zero-order valence-electron chi connectivity index (χ0n) is 14.4. The molecule has 140 valence electrons. The number of benzene rings is 1. The van der Waals surface area contributed by atoms with Gasteiger partial charge in [-0.25, -0.2) is 27.8 Å². The van der Waals surface area contributed by atoms with Crippen LogP contribution in [-0.4, -0.2) is 25.9 Å². The van der Waals surface area contributed by atoms with Crippen LogP contribution in [0.15, 0.2) is 54.6 Å². The van der Waals surface area contributed by atoms with Gasteiger partial charge >= 0.3 is 0 Å². The number of allylic oxidation sites excluding steroid dienone is 4. The molecule has 0 radical (unpaired) electrons. The Morgan fingerprint density at radius 1 is 1.25 bits per heavy atom. The highest BCUT2D eigenvalue weighted by Gasteiger charge is 2.47. The van der Waals surface area contributed by atoms with Crippen LogP contribution in [0.4, 0.5) is 13.2 Å². The van der Waals surface area contributed by atoms with Gasteiger partial charge in [-0.05, 0) is 24.3 Å². The molecule has 2 atom stereocenters. The minimum atomic E-state index is -1.84. The Labute approximate surface area is 157 Å². The van der Waals surface area contributed by atoms with Crippen LogP contribution in [0.3, 0.4) is 0 Å². The zero-order chi connectivity index (χ0) is 19.9. The average molecular weight is 382 g/mol. The third-order valence-electron chi connectivity index (χ3n) is 4.78. The van der Waals surface area contributed by atoms with Crippen LogP contribution in [0, 0.1) is 23.0 Å². The summed E-state index contributed by atoms with van der Waals surface area (Å²) in [4.78, 5) is 8.20. The van der Waals surface area contributed by atoms with Gasteiger partial charge in [0.25, 0.3) is 0 Å². The van der Waals surface area contributed by atoms with E-state index in [9.17, 15) is 18.4 Å². The van der Waals surface area contributed by atoms with E-state index in [4.69, 9.17) is 5.73 Å². The summed E-state index contributed by atoms with van der Waals surface area (Å²) in [6.45, 7) is -0.234. The first-order chi connectivity index (χ1) is 13.5. The number of rotatable bonds is 3. The maximum absolute atomic E-state index is 14.8. The molecule has 6 nitrogen and oxygen atoms in total. The van der Waals surface area contributed by atoms with Crippen molar-refractivity contribution in [2.24, 2.45) is 5.73 Å². The van der Waals surface area contributed by atoms with E-state index in [0.29, 0.717) is 0 Å². The highest BCUT2D eigenvalue weighted by molar-refractivity contribution is 5.80. The van der Waals surface area contributed by atoms with Crippen LogP contribution in [0.5, 0.6) is 0 Å². The summed E-state index contributed by atoms with van der Waals surface area (Å²) in [6.07, 6.45) is 4.83. The molecular weight excluding hydrogens is 369 g/mol. The van der Waals surface area contributed by atoms with Gasteiger partial charge in [0.05, 0.1) is 29.9 Å². The van der Waals surface area contributed by atoms with E-state index in [1.54, 1.807) is 0 Å². The smallest absolute Gasteiger partial charge is 0.174 e. The predicted molar refractivity (Wildman–Crippen MR) is 94.4 cm³/mol. The van der Waals surface area contributed by atoms with Crippen LogP contribution in [0.1, 0.15) is 11.3 Å². The second kappa shape index (κ2) is 6.49. The van der Waals surface area contributed by atoms with Gasteiger partial charge in [-0.2, -0.15) is 10.4 Å². The number of nitriles is 1. The monoisotopic (exact) mass is 382 g/mol. The van der Waals surface area contributed by atoms with Crippen LogP contribution >= 0.6 is 0 Å². The predicted octanol–water partition coefficient (Wildman–Crippen LogP) is 2.66. The molecule has 4 rings (SSSR count). The summed E-state index contributed by atoms with van der Waals surface area (Å²) < 4.78 is 44.1. The third kappa shape index (κ3) is 2.45. The van der Waals surface area contributed by atoms with Crippen LogP contribution in [0.25, 0.3) is 11.0 Å². The van der Waals surface area contributed by atoms with Crippen LogP contribution in [0.2, 0.25) is 0 Å². The number of hydrogen-bond acceptors (Lipinski definition) is 5. The Hall–Kier alpha value is -3.67. The molecule has 2 N–H and O–H groups in total. The molecule has 0 saturated carbocycles. The molecule has 2 unspecified atom stereocenters. The third-order valence-corrected chi connectivity index (χ3v) is 4.78. The fourth-order valence-electron chi connectivity index (χ4n) is 3.29. The molecule has 3 aromatic rings. The first-order valence-corrected chi connectivity index (χ1v) is 8.28. The van der Waals surface area contributed by atoms with Crippen molar-refractivity contribution in [1.29, 1.82) is 5.26 Å². The van der Waals surface area contributed by atoms with E-state index in [2.05, 4.69) is 15.1 Å². The SMILES string of the molecule is N#CC1(c2ncnc3c2cnn3Cc2c(F)cccc2F)C(N)=CC=CC1F. The number of fused-ring (bicyclic) bond motifs is 1. The molecule has 0 spiro atoms. The number of nitrogens with two attached hydrogens (primary N) is 1. The van der Waals surface area contributed by atoms with Gasteiger partial charge in [0.15, 0.2) is 11.1 Å². The average Bonchev–Trinajstić information content (AvgIpc) is 3.09. The molecular formula is C19H13F3N6. The molecule has 28 heavy (non-hydrogen) atoms. The van der Waals surface area contributed by atoms with Gasteiger partial charge in [-0.1, -0.05) is 12.1 Å². The molecule has 0 aliphatic heterocycles. The Morgan fingerprint density at radius 3 is 2.68 bits per heavy atom. The van der Waals surface area contributed by atoms with E-state index in [0.717, 1.165) is 18.5 Å². The van der Waals surface area contributed by atoms with Crippen molar-refractivity contribution in [3.63, 3.8) is 0 Å². The van der Waals surface area contributed by atoms with E-state index in [1.807, 2.05) is 6.07 Å². The van der Waals surface area contributed by atoms with Gasteiger partial charge in [0, 0.05) is 11.3 Å². The van der Waals surface area contributed by atoms with Gasteiger partial charge in [0.2, 0.25) is 0 Å². The lowest BCUT2D eigenvalue weighted by atomic mass is 9.74. The minimum Gasteiger partial charge on any atom is -0.400 e. The Balaban J connectivity index is 1.88. The number of nitrogens with zero attached hydrogens (tertiary/aromatic N) is 5. The van der Waals surface area contributed by atoms with Crippen molar-refractivity contribution in [3.05, 3.63) is 77.5 Å². The number of alkyl halides is 1. The summed E-state index contributed by atoms with van der Waals surface area (Å²) in [5, 5.41) is 14.2. The molecule has 1 aliphatic carbocycles. The van der Waals surface area contributed by atoms with E-state index in [1.165, 1.54) is 35.2 Å². The summed E-state index contributed by atoms with van der Waals surface area (Å²) in [5.41, 5.74) is 4.19. The standard InChI is InChI=1S/C19H13F3N6/c20-13-3-1-4-14(21)12(13)8-28-18-11(7-27-28)17(25-10-26-18)19(9-23)15(22)5-2-6-16(19)24/h1-7,10,15H,8,24H2. The van der Waals surface area contributed by atoms with Crippen LogP contribution < -0.4 is 5.73 Å². The number of halogens is 3. The maximum atomic E-state index is 14.8. The topological polar surface area (TPSA) is 93.4 Å². The van der Waals surface area contributed by atoms with Gasteiger partial charge in [-0.15, -0.1) is 0 Å². The molecule has 0 fully saturated rings. The molecule has 0 amide bonds. The normalized spacial score (nSPS) is 21.5. The Morgan fingerprint density at radius 2 is 2.00 bits per heavy atom. The molecule has 0 saturated heterocycles. The fraction of sp³-hybridized carbons (Fsp3) is 0.158. The quantitative estimate of drug-likeness (QED) is 0.752. The molecule has 2 heterocycles. The summed E-state index contributed by atoms with van der Waals surface area (Å²) in [7, 11) is 0. The second-order valence-electron chi connectivity index (χ2n) is 6.29. The Bertz CT molecular complexity index is 1160. The molecule has 2 aromatic heterocycles. The van der Waals surface area contributed by atoms with E-state index < -0.39 is 23.2 Å². The Kier molecular flexibility index (Phi) is 4.11. The minimum absolute atomic E-state index is 0.00195. The van der Waals surface area contributed by atoms with E-state index in [-0.39, 0.29) is 34.5 Å². The van der Waals surface area contributed by atoms with Crippen molar-refractivity contribution in [3.8, 4) is 6.07 Å². The van der Waals surface area contributed by atoms with Crippen molar-refractivity contribution < 1.29 is 13.2 Å². The van der Waals surface area contributed by atoms with Crippen LogP contribution in [-0.2, 0) is 12.0 Å². The lowest BCUT2D eigenvalue weighted by Gasteiger charge is -2.30.